The van der Waals surface area contributed by atoms with Gasteiger partial charge in [-0.2, -0.15) is 10.1 Å². The van der Waals surface area contributed by atoms with Crippen LogP contribution in [0.2, 0.25) is 0 Å². The number of hydrogen-bond acceptors (Lipinski definition) is 7. The van der Waals surface area contributed by atoms with E-state index >= 15 is 0 Å². The quantitative estimate of drug-likeness (QED) is 0.449. The van der Waals surface area contributed by atoms with Crippen LogP contribution in [-0.4, -0.2) is 66.0 Å². The van der Waals surface area contributed by atoms with Gasteiger partial charge in [0.1, 0.15) is 11.5 Å². The molecule has 2 aromatic carbocycles. The number of aryl methyl sites for hydroxylation is 1. The van der Waals surface area contributed by atoms with E-state index in [-0.39, 0.29) is 5.91 Å². The Bertz CT molecular complexity index is 1270. The van der Waals surface area contributed by atoms with Crippen molar-refractivity contribution >= 4 is 32.7 Å². The van der Waals surface area contributed by atoms with Crippen LogP contribution in [0.4, 0.5) is 5.13 Å². The molecule has 1 fully saturated rings. The molecule has 1 saturated heterocycles. The molecule has 0 saturated carbocycles. The third-order valence-electron chi connectivity index (χ3n) is 5.81. The molecule has 0 atom stereocenters. The van der Waals surface area contributed by atoms with Gasteiger partial charge in [0.05, 0.1) is 30.3 Å². The van der Waals surface area contributed by atoms with Gasteiger partial charge in [-0.1, -0.05) is 29.5 Å². The molecule has 1 amide bonds. The topological polar surface area (TPSA) is 72.7 Å². The third-order valence-corrected chi connectivity index (χ3v) is 7.03. The molecule has 0 spiro atoms. The minimum atomic E-state index is -0.0216. The summed E-state index contributed by atoms with van der Waals surface area (Å²) in [7, 11) is 3.16. The molecule has 0 unspecified atom stereocenters. The van der Waals surface area contributed by atoms with Crippen LogP contribution in [0, 0.1) is 6.92 Å². The van der Waals surface area contributed by atoms with Crippen LogP contribution in [-0.2, 0) is 0 Å². The van der Waals surface area contributed by atoms with Crippen LogP contribution >= 0.6 is 11.3 Å². The number of ether oxygens (including phenoxy) is 2. The fraction of sp³-hybridized carbons (Fsp3) is 0.292. The largest absolute Gasteiger partial charge is 0.497 e. The molecular formula is C24H25N5O3S. The lowest BCUT2D eigenvalue weighted by atomic mass is 10.1. The Morgan fingerprint density at radius 2 is 1.64 bits per heavy atom. The summed E-state index contributed by atoms with van der Waals surface area (Å²) in [5, 5.41) is 5.64. The van der Waals surface area contributed by atoms with Gasteiger partial charge in [-0.25, -0.2) is 4.68 Å². The van der Waals surface area contributed by atoms with E-state index in [1.165, 1.54) is 0 Å². The van der Waals surface area contributed by atoms with Crippen molar-refractivity contribution in [1.82, 2.24) is 19.7 Å². The monoisotopic (exact) mass is 463 g/mol. The van der Waals surface area contributed by atoms with Crippen molar-refractivity contribution in [2.24, 2.45) is 0 Å². The van der Waals surface area contributed by atoms with Gasteiger partial charge in [0, 0.05) is 37.8 Å². The Balaban J connectivity index is 1.33. The average molecular weight is 464 g/mol. The molecule has 5 rings (SSSR count). The zero-order valence-corrected chi connectivity index (χ0v) is 19.6. The van der Waals surface area contributed by atoms with Gasteiger partial charge in [-0.15, -0.1) is 0 Å². The van der Waals surface area contributed by atoms with Crippen LogP contribution in [0.3, 0.4) is 0 Å². The molecule has 0 radical (unpaired) electrons. The van der Waals surface area contributed by atoms with Crippen molar-refractivity contribution < 1.29 is 14.3 Å². The predicted molar refractivity (Wildman–Crippen MR) is 129 cm³/mol. The van der Waals surface area contributed by atoms with Gasteiger partial charge in [-0.05, 0) is 31.2 Å². The molecule has 1 aliphatic heterocycles. The number of carbonyl (C=O) groups excluding carboxylic acids is 1. The van der Waals surface area contributed by atoms with Crippen LogP contribution in [0.25, 0.3) is 16.0 Å². The molecule has 0 bridgehead atoms. The van der Waals surface area contributed by atoms with Gasteiger partial charge in [0.25, 0.3) is 5.91 Å². The van der Waals surface area contributed by atoms with Crippen molar-refractivity contribution in [2.75, 3.05) is 45.3 Å². The first-order valence-electron chi connectivity index (χ1n) is 10.8. The Hall–Kier alpha value is -3.59. The van der Waals surface area contributed by atoms with E-state index in [0.29, 0.717) is 30.2 Å². The number of thiazole rings is 1. The number of fused-ring (bicyclic) bond motifs is 1. The zero-order chi connectivity index (χ0) is 22.9. The second kappa shape index (κ2) is 8.74. The van der Waals surface area contributed by atoms with Gasteiger partial charge in [0.2, 0.25) is 0 Å². The van der Waals surface area contributed by atoms with Gasteiger partial charge >= 0.3 is 0 Å². The Labute approximate surface area is 196 Å². The Morgan fingerprint density at radius 1 is 0.970 bits per heavy atom. The van der Waals surface area contributed by atoms with Crippen molar-refractivity contribution in [3.8, 4) is 17.2 Å². The van der Waals surface area contributed by atoms with Crippen LogP contribution in [0.5, 0.6) is 11.5 Å². The van der Waals surface area contributed by atoms with Gasteiger partial charge < -0.3 is 19.3 Å². The molecule has 33 heavy (non-hydrogen) atoms. The molecule has 170 valence electrons. The van der Waals surface area contributed by atoms with E-state index in [1.807, 2.05) is 46.8 Å². The first-order chi connectivity index (χ1) is 16.1. The van der Waals surface area contributed by atoms with Crippen LogP contribution < -0.4 is 14.4 Å². The number of benzene rings is 2. The number of piperazine rings is 1. The maximum atomic E-state index is 13.1. The number of nitrogens with zero attached hydrogens (tertiary/aromatic N) is 5. The van der Waals surface area contributed by atoms with E-state index in [2.05, 4.69) is 10.00 Å². The molecule has 0 aliphatic carbocycles. The first-order valence-corrected chi connectivity index (χ1v) is 11.6. The highest BCUT2D eigenvalue weighted by atomic mass is 32.1. The average Bonchev–Trinajstić information content (AvgIpc) is 3.44. The van der Waals surface area contributed by atoms with Crippen molar-refractivity contribution in [1.29, 1.82) is 0 Å². The number of hydrogen-bond donors (Lipinski definition) is 0. The summed E-state index contributed by atoms with van der Waals surface area (Å²) in [4.78, 5) is 22.1. The first kappa shape index (κ1) is 21.3. The fourth-order valence-corrected chi connectivity index (χ4v) is 5.06. The highest BCUT2D eigenvalue weighted by molar-refractivity contribution is 7.22. The molecular weight excluding hydrogens is 438 g/mol. The standard InChI is InChI=1S/C24H25N5O3S/c1-16-21-22(29(26-16)18-7-5-4-6-8-18)25-24(33-21)28-11-9-27(10-12-28)23(30)17-13-19(31-2)15-20(14-17)32-3/h4-8,13-15H,9-12H2,1-3H3. The number of amides is 1. The highest BCUT2D eigenvalue weighted by Crippen LogP contribution is 2.33. The van der Waals surface area contributed by atoms with Gasteiger partial charge in [-0.3, -0.25) is 4.79 Å². The summed E-state index contributed by atoms with van der Waals surface area (Å²) < 4.78 is 13.6. The molecule has 2 aromatic heterocycles. The van der Waals surface area contributed by atoms with E-state index in [9.17, 15) is 4.79 Å². The van der Waals surface area contributed by atoms with Gasteiger partial charge in [0.15, 0.2) is 10.8 Å². The smallest absolute Gasteiger partial charge is 0.254 e. The summed E-state index contributed by atoms with van der Waals surface area (Å²) in [6.07, 6.45) is 0. The lowest BCUT2D eigenvalue weighted by molar-refractivity contribution is 0.0746. The number of methoxy groups -OCH3 is 2. The molecule has 0 N–H and O–H groups in total. The zero-order valence-electron chi connectivity index (χ0n) is 18.8. The Kier molecular flexibility index (Phi) is 5.63. The maximum Gasteiger partial charge on any atom is 0.254 e. The minimum absolute atomic E-state index is 0.0216. The highest BCUT2D eigenvalue weighted by Gasteiger charge is 2.26. The van der Waals surface area contributed by atoms with E-state index in [0.717, 1.165) is 39.9 Å². The minimum Gasteiger partial charge on any atom is -0.497 e. The number of aromatic nitrogens is 3. The van der Waals surface area contributed by atoms with E-state index < -0.39 is 0 Å². The maximum absolute atomic E-state index is 13.1. The molecule has 4 aromatic rings. The van der Waals surface area contributed by atoms with Crippen LogP contribution in [0.15, 0.2) is 48.5 Å². The Morgan fingerprint density at radius 3 is 2.27 bits per heavy atom. The SMILES string of the molecule is COc1cc(OC)cc(C(=O)N2CCN(c3nc4c(s3)c(C)nn4-c3ccccc3)CC2)c1. The summed E-state index contributed by atoms with van der Waals surface area (Å²) in [6.45, 7) is 4.71. The normalized spacial score (nSPS) is 14.0. The number of anilines is 1. The van der Waals surface area contributed by atoms with E-state index in [4.69, 9.17) is 14.5 Å². The second-order valence-corrected chi connectivity index (χ2v) is 8.84. The number of para-hydroxylation sites is 1. The fourth-order valence-electron chi connectivity index (χ4n) is 4.02. The molecule has 9 heteroatoms. The van der Waals surface area contributed by atoms with Crippen LogP contribution in [0.1, 0.15) is 16.1 Å². The summed E-state index contributed by atoms with van der Waals surface area (Å²) in [5.41, 5.74) is 3.41. The molecule has 3 heterocycles. The third kappa shape index (κ3) is 4.00. The predicted octanol–water partition coefficient (Wildman–Crippen LogP) is 3.77. The summed E-state index contributed by atoms with van der Waals surface area (Å²) in [5.74, 6) is 1.19. The van der Waals surface area contributed by atoms with Crippen molar-refractivity contribution in [2.45, 2.75) is 6.92 Å². The lowest BCUT2D eigenvalue weighted by Gasteiger charge is -2.34. The number of carbonyl (C=O) groups is 1. The van der Waals surface area contributed by atoms with E-state index in [1.54, 1.807) is 43.8 Å². The second-order valence-electron chi connectivity index (χ2n) is 7.86. The lowest BCUT2D eigenvalue weighted by Crippen LogP contribution is -2.48. The van der Waals surface area contributed by atoms with Crippen molar-refractivity contribution in [3.05, 3.63) is 59.8 Å². The van der Waals surface area contributed by atoms with Crippen molar-refractivity contribution in [3.63, 3.8) is 0 Å². The molecule has 1 aliphatic rings. The summed E-state index contributed by atoms with van der Waals surface area (Å²) in [6, 6.07) is 15.3. The summed E-state index contributed by atoms with van der Waals surface area (Å²) >= 11 is 1.66. The number of rotatable bonds is 5. The molecule has 8 nitrogen and oxygen atoms in total.